The van der Waals surface area contributed by atoms with Gasteiger partial charge in [-0.2, -0.15) is 0 Å². The summed E-state index contributed by atoms with van der Waals surface area (Å²) in [7, 11) is 0. The third kappa shape index (κ3) is 3.74. The van der Waals surface area contributed by atoms with Gasteiger partial charge in [-0.25, -0.2) is 9.78 Å². The highest BCUT2D eigenvalue weighted by Gasteiger charge is 2.29. The summed E-state index contributed by atoms with van der Waals surface area (Å²) in [5.41, 5.74) is 1.13. The minimum Gasteiger partial charge on any atom is -0.427 e. The molecule has 2 aromatic heterocycles. The number of hydrogen-bond acceptors (Lipinski definition) is 6. The lowest BCUT2D eigenvalue weighted by atomic mass is 9.94. The third-order valence-electron chi connectivity index (χ3n) is 5.42. The second kappa shape index (κ2) is 8.28. The molecule has 0 aliphatic carbocycles. The molecule has 0 aromatic carbocycles. The normalized spacial score (nSPS) is 17.0. The van der Waals surface area contributed by atoms with Gasteiger partial charge >= 0.3 is 5.63 Å². The van der Waals surface area contributed by atoms with E-state index < -0.39 is 5.63 Å². The summed E-state index contributed by atoms with van der Waals surface area (Å²) in [5, 5.41) is 3.29. The molecule has 8 nitrogen and oxygen atoms in total. The van der Waals surface area contributed by atoms with Crippen molar-refractivity contribution in [2.24, 2.45) is 0 Å². The van der Waals surface area contributed by atoms with Crippen molar-refractivity contribution in [1.29, 1.82) is 0 Å². The van der Waals surface area contributed by atoms with Gasteiger partial charge in [0.05, 0.1) is 18.6 Å². The Morgan fingerprint density at radius 3 is 2.75 bits per heavy atom. The molecule has 4 heterocycles. The van der Waals surface area contributed by atoms with E-state index in [-0.39, 0.29) is 41.9 Å². The Morgan fingerprint density at radius 2 is 2.04 bits per heavy atom. The van der Waals surface area contributed by atoms with E-state index in [1.807, 2.05) is 6.07 Å². The summed E-state index contributed by atoms with van der Waals surface area (Å²) in [4.78, 5) is 45.7. The average Bonchev–Trinajstić information content (AvgIpc) is 2.68. The number of aromatic nitrogens is 2. The molecule has 0 spiro atoms. The Hall–Kier alpha value is -2.45. The summed E-state index contributed by atoms with van der Waals surface area (Å²) in [5.74, 6) is 0.498. The van der Waals surface area contributed by atoms with E-state index in [0.717, 1.165) is 25.9 Å². The number of carbonyl (C=O) groups excluding carboxylic acids is 1. The number of hydrogen-bond donors (Lipinski definition) is 2. The maximum atomic E-state index is 13.0. The first-order valence-electron chi connectivity index (χ1n) is 9.24. The van der Waals surface area contributed by atoms with Crippen LogP contribution in [0.2, 0.25) is 0 Å². The molecule has 28 heavy (non-hydrogen) atoms. The van der Waals surface area contributed by atoms with Crippen molar-refractivity contribution in [3.63, 3.8) is 0 Å². The zero-order valence-electron chi connectivity index (χ0n) is 15.6. The molecule has 4 rings (SSSR count). The quantitative estimate of drug-likeness (QED) is 0.773. The van der Waals surface area contributed by atoms with Crippen molar-refractivity contribution < 1.29 is 9.21 Å². The van der Waals surface area contributed by atoms with Crippen LogP contribution in [-0.2, 0) is 13.0 Å². The number of nitrogens with zero attached hydrogens (tertiary/aromatic N) is 2. The van der Waals surface area contributed by atoms with E-state index in [2.05, 4.69) is 15.3 Å². The van der Waals surface area contributed by atoms with Crippen molar-refractivity contribution in [2.45, 2.75) is 38.6 Å². The predicted molar refractivity (Wildman–Crippen MR) is 105 cm³/mol. The molecule has 2 aromatic rings. The van der Waals surface area contributed by atoms with E-state index in [1.165, 1.54) is 6.33 Å². The summed E-state index contributed by atoms with van der Waals surface area (Å²) in [6, 6.07) is 1.82. The number of rotatable bonds is 2. The number of H-pyrrole nitrogens is 1. The van der Waals surface area contributed by atoms with E-state index in [4.69, 9.17) is 4.42 Å². The maximum Gasteiger partial charge on any atom is 0.349 e. The van der Waals surface area contributed by atoms with Crippen LogP contribution in [0.25, 0.3) is 0 Å². The minimum absolute atomic E-state index is 0. The number of nitrogens with one attached hydrogen (secondary N) is 2. The van der Waals surface area contributed by atoms with Gasteiger partial charge in [0.2, 0.25) is 0 Å². The highest BCUT2D eigenvalue weighted by Crippen LogP contribution is 2.26. The van der Waals surface area contributed by atoms with Crippen LogP contribution in [0.4, 0.5) is 0 Å². The summed E-state index contributed by atoms with van der Waals surface area (Å²) >= 11 is 0. The number of aromatic amines is 1. The molecule has 0 bridgehead atoms. The van der Waals surface area contributed by atoms with Gasteiger partial charge in [0, 0.05) is 18.0 Å². The zero-order chi connectivity index (χ0) is 19.0. The molecule has 0 unspecified atom stereocenters. The lowest BCUT2D eigenvalue weighted by Crippen LogP contribution is -2.41. The van der Waals surface area contributed by atoms with Crippen LogP contribution < -0.4 is 16.5 Å². The van der Waals surface area contributed by atoms with Gasteiger partial charge in [-0.1, -0.05) is 0 Å². The average molecular weight is 407 g/mol. The van der Waals surface area contributed by atoms with Crippen molar-refractivity contribution in [3.8, 4) is 0 Å². The fourth-order valence-electron chi connectivity index (χ4n) is 3.89. The molecule has 1 fully saturated rings. The van der Waals surface area contributed by atoms with Crippen LogP contribution in [0.5, 0.6) is 0 Å². The second-order valence-electron chi connectivity index (χ2n) is 7.15. The molecule has 9 heteroatoms. The molecular formula is C19H23ClN4O4. The number of piperidine rings is 1. The molecule has 1 amide bonds. The van der Waals surface area contributed by atoms with Gasteiger partial charge in [0.1, 0.15) is 11.3 Å². The number of amides is 1. The summed E-state index contributed by atoms with van der Waals surface area (Å²) in [6.45, 7) is 4.15. The number of carbonyl (C=O) groups is 1. The van der Waals surface area contributed by atoms with E-state index in [9.17, 15) is 14.4 Å². The Balaban J connectivity index is 0.00000225. The van der Waals surface area contributed by atoms with Gasteiger partial charge in [-0.05, 0) is 50.9 Å². The van der Waals surface area contributed by atoms with Gasteiger partial charge < -0.3 is 19.6 Å². The van der Waals surface area contributed by atoms with Gasteiger partial charge in [-0.3, -0.25) is 9.59 Å². The fraction of sp³-hybridized carbons (Fsp3) is 0.474. The SMILES string of the molecule is Cc1cc(C2CCNCC2)oc(=O)c1C(=O)N1CCc2c(nc[nH]c2=O)C1.Cl. The Labute approximate surface area is 167 Å². The van der Waals surface area contributed by atoms with E-state index in [1.54, 1.807) is 11.8 Å². The monoisotopic (exact) mass is 406 g/mol. The van der Waals surface area contributed by atoms with Crippen molar-refractivity contribution >= 4 is 18.3 Å². The lowest BCUT2D eigenvalue weighted by molar-refractivity contribution is 0.0725. The highest BCUT2D eigenvalue weighted by atomic mass is 35.5. The molecule has 2 aliphatic heterocycles. The van der Waals surface area contributed by atoms with Crippen LogP contribution in [0.3, 0.4) is 0 Å². The molecule has 0 saturated carbocycles. The zero-order valence-corrected chi connectivity index (χ0v) is 16.4. The van der Waals surface area contributed by atoms with Crippen molar-refractivity contribution in [1.82, 2.24) is 20.2 Å². The second-order valence-corrected chi connectivity index (χ2v) is 7.15. The van der Waals surface area contributed by atoms with Crippen LogP contribution in [0.1, 0.15) is 51.7 Å². The van der Waals surface area contributed by atoms with Crippen LogP contribution >= 0.6 is 12.4 Å². The Morgan fingerprint density at radius 1 is 1.29 bits per heavy atom. The number of halogens is 1. The highest BCUT2D eigenvalue weighted by molar-refractivity contribution is 5.95. The lowest BCUT2D eigenvalue weighted by Gasteiger charge is -2.28. The summed E-state index contributed by atoms with van der Waals surface area (Å²) < 4.78 is 5.53. The standard InChI is InChI=1S/C19H22N4O4.ClH/c1-11-8-15(12-2-5-20-6-3-12)27-19(26)16(11)18(25)23-7-4-13-14(9-23)21-10-22-17(13)24;/h8,10,12,20H,2-7,9H2,1H3,(H,21,22,24);1H. The summed E-state index contributed by atoms with van der Waals surface area (Å²) in [6.07, 6.45) is 3.59. The molecule has 0 atom stereocenters. The molecule has 0 radical (unpaired) electrons. The van der Waals surface area contributed by atoms with Crippen LogP contribution in [0, 0.1) is 6.92 Å². The molecule has 2 aliphatic rings. The Bertz CT molecular complexity index is 994. The topological polar surface area (TPSA) is 108 Å². The van der Waals surface area contributed by atoms with Crippen LogP contribution in [-0.4, -0.2) is 40.4 Å². The van der Waals surface area contributed by atoms with Gasteiger partial charge in [0.15, 0.2) is 0 Å². The first-order valence-corrected chi connectivity index (χ1v) is 9.24. The van der Waals surface area contributed by atoms with E-state index >= 15 is 0 Å². The van der Waals surface area contributed by atoms with Gasteiger partial charge in [0.25, 0.3) is 11.5 Å². The van der Waals surface area contributed by atoms with E-state index in [0.29, 0.717) is 35.5 Å². The molecule has 2 N–H and O–H groups in total. The maximum absolute atomic E-state index is 13.0. The molecule has 150 valence electrons. The first kappa shape index (κ1) is 20.3. The Kier molecular flexibility index (Phi) is 6.00. The minimum atomic E-state index is -0.585. The predicted octanol–water partition coefficient (Wildman–Crippen LogP) is 1.12. The third-order valence-corrected chi connectivity index (χ3v) is 5.42. The molecule has 1 saturated heterocycles. The largest absolute Gasteiger partial charge is 0.427 e. The number of aryl methyl sites for hydroxylation is 1. The van der Waals surface area contributed by atoms with Crippen molar-refractivity contribution in [2.75, 3.05) is 19.6 Å². The first-order chi connectivity index (χ1) is 13.0. The van der Waals surface area contributed by atoms with Gasteiger partial charge in [-0.15, -0.1) is 12.4 Å². The van der Waals surface area contributed by atoms with Crippen molar-refractivity contribution in [3.05, 3.63) is 61.3 Å². The van der Waals surface area contributed by atoms with Crippen LogP contribution in [0.15, 0.2) is 26.4 Å². The number of fused-ring (bicyclic) bond motifs is 1. The smallest absolute Gasteiger partial charge is 0.349 e. The fourth-order valence-corrected chi connectivity index (χ4v) is 3.89. The molecular weight excluding hydrogens is 384 g/mol.